The Hall–Kier alpha value is -1.15. The number of nitrogens with one attached hydrogen (secondary N) is 1. The predicted molar refractivity (Wildman–Crippen MR) is 97.6 cm³/mol. The molecular formula is C16H26ClN3O3S. The first kappa shape index (κ1) is 20.9. The molecule has 0 radical (unpaired) electrons. The quantitative estimate of drug-likeness (QED) is 0.772. The molecule has 2 rings (SSSR count). The van der Waals surface area contributed by atoms with Gasteiger partial charge in [0.05, 0.1) is 11.8 Å². The summed E-state index contributed by atoms with van der Waals surface area (Å²) in [6, 6.07) is 9.06. The second-order valence-electron chi connectivity index (χ2n) is 5.88. The Balaban J connectivity index is 0.00000288. The Kier molecular flexibility index (Phi) is 8.15. The summed E-state index contributed by atoms with van der Waals surface area (Å²) in [4.78, 5) is 12.2. The van der Waals surface area contributed by atoms with Gasteiger partial charge >= 0.3 is 0 Å². The largest absolute Gasteiger partial charge is 0.352 e. The molecule has 6 nitrogen and oxygen atoms in total. The molecule has 1 aromatic carbocycles. The second-order valence-corrected chi connectivity index (χ2v) is 8.14. The zero-order valence-corrected chi connectivity index (χ0v) is 15.5. The molecule has 136 valence electrons. The molecule has 1 amide bonds. The summed E-state index contributed by atoms with van der Waals surface area (Å²) >= 11 is 0. The molecule has 1 aliphatic rings. The van der Waals surface area contributed by atoms with Gasteiger partial charge in [0.25, 0.3) is 0 Å². The molecule has 1 atom stereocenters. The third-order valence-electron chi connectivity index (χ3n) is 4.19. The summed E-state index contributed by atoms with van der Waals surface area (Å²) in [6.07, 6.45) is 1.75. The van der Waals surface area contributed by atoms with E-state index in [-0.39, 0.29) is 30.1 Å². The minimum atomic E-state index is -3.13. The van der Waals surface area contributed by atoms with Crippen molar-refractivity contribution < 1.29 is 13.2 Å². The van der Waals surface area contributed by atoms with Crippen molar-refractivity contribution in [3.63, 3.8) is 0 Å². The maximum absolute atomic E-state index is 12.2. The molecule has 0 bridgehead atoms. The lowest BCUT2D eigenvalue weighted by atomic mass is 10.0. The number of rotatable bonds is 6. The number of nitrogens with zero attached hydrogens (tertiary/aromatic N) is 1. The van der Waals surface area contributed by atoms with E-state index < -0.39 is 16.1 Å². The van der Waals surface area contributed by atoms with Crippen molar-refractivity contribution in [3.05, 3.63) is 35.9 Å². The predicted octanol–water partition coefficient (Wildman–Crippen LogP) is 0.909. The van der Waals surface area contributed by atoms with Crippen molar-refractivity contribution >= 4 is 28.3 Å². The molecule has 1 aromatic rings. The van der Waals surface area contributed by atoms with Crippen molar-refractivity contribution in [2.24, 2.45) is 5.73 Å². The van der Waals surface area contributed by atoms with Crippen LogP contribution in [-0.2, 0) is 21.2 Å². The summed E-state index contributed by atoms with van der Waals surface area (Å²) in [7, 11) is -3.13. The molecule has 0 aromatic heterocycles. The van der Waals surface area contributed by atoms with Crippen LogP contribution in [-0.4, -0.2) is 49.6 Å². The maximum atomic E-state index is 12.2. The molecule has 1 unspecified atom stereocenters. The molecular weight excluding hydrogens is 350 g/mol. The highest BCUT2D eigenvalue weighted by Crippen LogP contribution is 2.14. The lowest BCUT2D eigenvalue weighted by Crippen LogP contribution is -2.51. The third kappa shape index (κ3) is 5.73. The zero-order valence-electron chi connectivity index (χ0n) is 13.8. The van der Waals surface area contributed by atoms with Gasteiger partial charge in [0.15, 0.2) is 0 Å². The van der Waals surface area contributed by atoms with Crippen LogP contribution >= 0.6 is 12.4 Å². The van der Waals surface area contributed by atoms with Crippen LogP contribution in [0.3, 0.4) is 0 Å². The van der Waals surface area contributed by atoms with E-state index >= 15 is 0 Å². The maximum Gasteiger partial charge on any atom is 0.237 e. The molecule has 1 aliphatic heterocycles. The first-order valence-electron chi connectivity index (χ1n) is 8.00. The Labute approximate surface area is 150 Å². The van der Waals surface area contributed by atoms with Crippen molar-refractivity contribution in [3.8, 4) is 0 Å². The Bertz CT molecular complexity index is 617. The van der Waals surface area contributed by atoms with E-state index in [1.165, 1.54) is 4.31 Å². The van der Waals surface area contributed by atoms with Gasteiger partial charge in [-0.2, -0.15) is 0 Å². The van der Waals surface area contributed by atoms with Crippen molar-refractivity contribution in [2.75, 3.05) is 18.8 Å². The van der Waals surface area contributed by atoms with Gasteiger partial charge in [-0.1, -0.05) is 30.3 Å². The summed E-state index contributed by atoms with van der Waals surface area (Å²) < 4.78 is 25.1. The van der Waals surface area contributed by atoms with Gasteiger partial charge in [-0.3, -0.25) is 4.79 Å². The number of hydrogen-bond donors (Lipinski definition) is 2. The van der Waals surface area contributed by atoms with Crippen LogP contribution in [0, 0.1) is 0 Å². The first-order valence-corrected chi connectivity index (χ1v) is 9.61. The minimum absolute atomic E-state index is 0. The van der Waals surface area contributed by atoms with Crippen LogP contribution in [0.25, 0.3) is 0 Å². The standard InChI is InChI=1S/C16H25N3O3S.ClH/c1-2-23(21,22)19-10-8-14(9-11-19)18-16(20)15(17)12-13-6-4-3-5-7-13;/h3-7,14-15H,2,8-12,17H2,1H3,(H,18,20);1H. The average Bonchev–Trinajstić information content (AvgIpc) is 2.56. The van der Waals surface area contributed by atoms with Crippen LogP contribution in [0.5, 0.6) is 0 Å². The van der Waals surface area contributed by atoms with E-state index in [2.05, 4.69) is 5.32 Å². The number of hydrogen-bond acceptors (Lipinski definition) is 4. The topological polar surface area (TPSA) is 92.5 Å². The molecule has 0 aliphatic carbocycles. The highest BCUT2D eigenvalue weighted by atomic mass is 35.5. The number of sulfonamides is 1. The first-order chi connectivity index (χ1) is 10.9. The number of benzene rings is 1. The Morgan fingerprint density at radius 1 is 1.29 bits per heavy atom. The number of amides is 1. The van der Waals surface area contributed by atoms with E-state index in [1.807, 2.05) is 30.3 Å². The van der Waals surface area contributed by atoms with Crippen molar-refractivity contribution in [2.45, 2.75) is 38.3 Å². The number of piperidine rings is 1. The fraction of sp³-hybridized carbons (Fsp3) is 0.562. The second kappa shape index (κ2) is 9.36. The van der Waals surface area contributed by atoms with Gasteiger partial charge in [-0.05, 0) is 31.7 Å². The van der Waals surface area contributed by atoms with Crippen LogP contribution < -0.4 is 11.1 Å². The average molecular weight is 376 g/mol. The SMILES string of the molecule is CCS(=O)(=O)N1CCC(NC(=O)C(N)Cc2ccccc2)CC1.Cl. The summed E-state index contributed by atoms with van der Waals surface area (Å²) in [6.45, 7) is 2.55. The van der Waals surface area contributed by atoms with Crippen molar-refractivity contribution in [1.29, 1.82) is 0 Å². The van der Waals surface area contributed by atoms with Gasteiger partial charge in [0.1, 0.15) is 0 Å². The van der Waals surface area contributed by atoms with E-state index in [9.17, 15) is 13.2 Å². The lowest BCUT2D eigenvalue weighted by Gasteiger charge is -2.31. The molecule has 0 saturated carbocycles. The van der Waals surface area contributed by atoms with Gasteiger partial charge in [0, 0.05) is 19.1 Å². The Morgan fingerprint density at radius 2 is 1.88 bits per heavy atom. The van der Waals surface area contributed by atoms with E-state index in [0.29, 0.717) is 32.4 Å². The van der Waals surface area contributed by atoms with E-state index in [1.54, 1.807) is 6.92 Å². The van der Waals surface area contributed by atoms with Gasteiger partial charge in [0.2, 0.25) is 15.9 Å². The highest BCUT2D eigenvalue weighted by Gasteiger charge is 2.28. The zero-order chi connectivity index (χ0) is 16.9. The van der Waals surface area contributed by atoms with Crippen LogP contribution in [0.4, 0.5) is 0 Å². The summed E-state index contributed by atoms with van der Waals surface area (Å²) in [5.41, 5.74) is 6.99. The third-order valence-corrected chi connectivity index (χ3v) is 6.08. The molecule has 3 N–H and O–H groups in total. The summed E-state index contributed by atoms with van der Waals surface area (Å²) in [5, 5.41) is 2.94. The van der Waals surface area contributed by atoms with Crippen LogP contribution in [0.1, 0.15) is 25.3 Å². The summed E-state index contributed by atoms with van der Waals surface area (Å²) in [5.74, 6) is -0.0583. The number of halogens is 1. The fourth-order valence-electron chi connectivity index (χ4n) is 2.73. The highest BCUT2D eigenvalue weighted by molar-refractivity contribution is 7.89. The number of carbonyl (C=O) groups is 1. The normalized spacial score (nSPS) is 17.8. The molecule has 1 fully saturated rings. The van der Waals surface area contributed by atoms with Crippen LogP contribution in [0.15, 0.2) is 30.3 Å². The Morgan fingerprint density at radius 3 is 2.42 bits per heavy atom. The molecule has 1 saturated heterocycles. The van der Waals surface area contributed by atoms with E-state index in [4.69, 9.17) is 5.73 Å². The smallest absolute Gasteiger partial charge is 0.237 e. The molecule has 1 heterocycles. The fourth-order valence-corrected chi connectivity index (χ4v) is 3.86. The van der Waals surface area contributed by atoms with Gasteiger partial charge in [-0.15, -0.1) is 12.4 Å². The number of nitrogens with two attached hydrogens (primary N) is 1. The van der Waals surface area contributed by atoms with Crippen LogP contribution in [0.2, 0.25) is 0 Å². The molecule has 8 heteroatoms. The number of carbonyl (C=O) groups excluding carboxylic acids is 1. The lowest BCUT2D eigenvalue weighted by molar-refractivity contribution is -0.123. The van der Waals surface area contributed by atoms with Gasteiger partial charge < -0.3 is 11.1 Å². The molecule has 0 spiro atoms. The monoisotopic (exact) mass is 375 g/mol. The minimum Gasteiger partial charge on any atom is -0.352 e. The van der Waals surface area contributed by atoms with Gasteiger partial charge in [-0.25, -0.2) is 12.7 Å². The molecule has 24 heavy (non-hydrogen) atoms. The van der Waals surface area contributed by atoms with Crippen molar-refractivity contribution in [1.82, 2.24) is 9.62 Å². The van der Waals surface area contributed by atoms with E-state index in [0.717, 1.165) is 5.56 Å².